The van der Waals surface area contributed by atoms with Crippen LogP contribution in [0.5, 0.6) is 5.75 Å². The van der Waals surface area contributed by atoms with Crippen molar-refractivity contribution in [3.8, 4) is 5.75 Å². The molecule has 1 aliphatic heterocycles. The van der Waals surface area contributed by atoms with E-state index in [1.807, 2.05) is 24.3 Å². The summed E-state index contributed by atoms with van der Waals surface area (Å²) in [6, 6.07) is 7.91. The Balaban J connectivity index is 1.21. The lowest BCUT2D eigenvalue weighted by molar-refractivity contribution is -0.140. The van der Waals surface area contributed by atoms with Gasteiger partial charge in [0.15, 0.2) is 5.96 Å². The van der Waals surface area contributed by atoms with Crippen LogP contribution in [-0.4, -0.2) is 63.1 Å². The highest BCUT2D eigenvalue weighted by molar-refractivity contribution is 6.06. The molecular weight excluding hydrogens is 408 g/mol. The first-order valence-corrected chi connectivity index (χ1v) is 11.3. The SMILES string of the molecule is CN=C(NCCN1C(=O)C2C3C=CC(C3)C2C1=O)NCc1cccc(OCCCOC)c1. The molecule has 4 atom stereocenters. The van der Waals surface area contributed by atoms with Gasteiger partial charge in [0.1, 0.15) is 5.75 Å². The number of nitrogens with zero attached hydrogens (tertiary/aromatic N) is 2. The maximum Gasteiger partial charge on any atom is 0.233 e. The summed E-state index contributed by atoms with van der Waals surface area (Å²) in [7, 11) is 3.38. The smallest absolute Gasteiger partial charge is 0.233 e. The van der Waals surface area contributed by atoms with E-state index in [0.717, 1.165) is 24.2 Å². The van der Waals surface area contributed by atoms with Gasteiger partial charge >= 0.3 is 0 Å². The number of carbonyl (C=O) groups is 2. The van der Waals surface area contributed by atoms with Crippen molar-refractivity contribution >= 4 is 17.8 Å². The number of aliphatic imine (C=N–C) groups is 1. The van der Waals surface area contributed by atoms with E-state index in [9.17, 15) is 9.59 Å². The molecule has 2 fully saturated rings. The third kappa shape index (κ3) is 4.65. The molecule has 0 radical (unpaired) electrons. The summed E-state index contributed by atoms with van der Waals surface area (Å²) < 4.78 is 10.8. The zero-order valence-electron chi connectivity index (χ0n) is 18.8. The molecular formula is C24H32N4O4. The number of likely N-dealkylation sites (tertiary alicyclic amines) is 1. The van der Waals surface area contributed by atoms with E-state index in [4.69, 9.17) is 9.47 Å². The molecule has 1 saturated heterocycles. The first-order valence-electron chi connectivity index (χ1n) is 11.3. The first kappa shape index (κ1) is 22.3. The number of allylic oxidation sites excluding steroid dienone is 2. The Labute approximate surface area is 189 Å². The highest BCUT2D eigenvalue weighted by Gasteiger charge is 2.58. The Morgan fingerprint density at radius 1 is 1.12 bits per heavy atom. The highest BCUT2D eigenvalue weighted by atomic mass is 16.5. The van der Waals surface area contributed by atoms with Crippen LogP contribution in [0.15, 0.2) is 41.4 Å². The molecule has 2 aliphatic carbocycles. The van der Waals surface area contributed by atoms with Crippen molar-refractivity contribution in [1.29, 1.82) is 0 Å². The minimum atomic E-state index is -0.140. The number of guanidine groups is 1. The number of fused-ring (bicyclic) bond motifs is 5. The lowest BCUT2D eigenvalue weighted by atomic mass is 9.85. The molecule has 2 amide bonds. The Bertz CT molecular complexity index is 870. The van der Waals surface area contributed by atoms with Gasteiger partial charge in [0.05, 0.1) is 18.4 Å². The average molecular weight is 441 g/mol. The second kappa shape index (κ2) is 10.2. The third-order valence-electron chi connectivity index (χ3n) is 6.53. The Hall–Kier alpha value is -2.87. The second-order valence-electron chi connectivity index (χ2n) is 8.52. The van der Waals surface area contributed by atoms with Crippen LogP contribution in [0, 0.1) is 23.7 Å². The zero-order valence-corrected chi connectivity index (χ0v) is 18.8. The monoisotopic (exact) mass is 440 g/mol. The van der Waals surface area contributed by atoms with Gasteiger partial charge in [-0.05, 0) is 36.0 Å². The lowest BCUT2D eigenvalue weighted by Crippen LogP contribution is -2.43. The van der Waals surface area contributed by atoms with Crippen LogP contribution in [0.4, 0.5) is 0 Å². The second-order valence-corrected chi connectivity index (χ2v) is 8.52. The van der Waals surface area contributed by atoms with Crippen LogP contribution in [-0.2, 0) is 20.9 Å². The fraction of sp³-hybridized carbons (Fsp3) is 0.542. The van der Waals surface area contributed by atoms with Crippen LogP contribution >= 0.6 is 0 Å². The van der Waals surface area contributed by atoms with Gasteiger partial charge in [0.25, 0.3) is 0 Å². The van der Waals surface area contributed by atoms with Crippen LogP contribution in [0.1, 0.15) is 18.4 Å². The van der Waals surface area contributed by atoms with E-state index in [0.29, 0.717) is 38.8 Å². The number of hydrogen-bond donors (Lipinski definition) is 2. The van der Waals surface area contributed by atoms with Gasteiger partial charge in [0.2, 0.25) is 11.8 Å². The standard InChI is InChI=1S/C24H32N4O4/c1-25-24(27-15-16-5-3-6-19(13-16)32-12-4-11-31-2)26-9-10-28-22(29)20-17-7-8-18(14-17)21(20)23(28)30/h3,5-8,13,17-18,20-21H,4,9-12,14-15H2,1-2H3,(H2,25,26,27). The number of hydrogen-bond acceptors (Lipinski definition) is 5. The van der Waals surface area contributed by atoms with Gasteiger partial charge in [-0.25, -0.2) is 0 Å². The van der Waals surface area contributed by atoms with E-state index >= 15 is 0 Å². The molecule has 1 aromatic rings. The fourth-order valence-corrected chi connectivity index (χ4v) is 5.02. The molecule has 32 heavy (non-hydrogen) atoms. The first-order chi connectivity index (χ1) is 15.6. The summed E-state index contributed by atoms with van der Waals surface area (Å²) >= 11 is 0. The zero-order chi connectivity index (χ0) is 22.5. The topological polar surface area (TPSA) is 92.3 Å². The third-order valence-corrected chi connectivity index (χ3v) is 6.53. The van der Waals surface area contributed by atoms with E-state index in [1.54, 1.807) is 14.2 Å². The molecule has 1 aromatic carbocycles. The van der Waals surface area contributed by atoms with Gasteiger partial charge in [-0.15, -0.1) is 0 Å². The molecule has 8 nitrogen and oxygen atoms in total. The molecule has 4 rings (SSSR count). The summed E-state index contributed by atoms with van der Waals surface area (Å²) in [6.07, 6.45) is 6.03. The number of ether oxygens (including phenoxy) is 2. The van der Waals surface area contributed by atoms with Crippen LogP contribution in [0.25, 0.3) is 0 Å². The average Bonchev–Trinajstić information content (AvgIpc) is 3.49. The summed E-state index contributed by atoms with van der Waals surface area (Å²) in [5.41, 5.74) is 1.07. The van der Waals surface area contributed by atoms with E-state index in [-0.39, 0.29) is 35.5 Å². The maximum atomic E-state index is 12.8. The molecule has 172 valence electrons. The van der Waals surface area contributed by atoms with Crippen molar-refractivity contribution in [3.05, 3.63) is 42.0 Å². The van der Waals surface area contributed by atoms with E-state index in [1.165, 1.54) is 4.90 Å². The van der Waals surface area contributed by atoms with Gasteiger partial charge < -0.3 is 20.1 Å². The Morgan fingerprint density at radius 2 is 1.88 bits per heavy atom. The number of benzene rings is 1. The van der Waals surface area contributed by atoms with E-state index < -0.39 is 0 Å². The lowest BCUT2D eigenvalue weighted by Gasteiger charge is -2.18. The number of imide groups is 1. The predicted octanol–water partition coefficient (Wildman–Crippen LogP) is 1.57. The van der Waals surface area contributed by atoms with Crippen LogP contribution in [0.3, 0.4) is 0 Å². The molecule has 4 unspecified atom stereocenters. The van der Waals surface area contributed by atoms with Crippen molar-refractivity contribution in [2.75, 3.05) is 40.5 Å². The Morgan fingerprint density at radius 3 is 2.56 bits per heavy atom. The number of nitrogens with one attached hydrogen (secondary N) is 2. The van der Waals surface area contributed by atoms with Gasteiger partial charge in [-0.3, -0.25) is 19.5 Å². The predicted molar refractivity (Wildman–Crippen MR) is 121 cm³/mol. The molecule has 1 saturated carbocycles. The minimum absolute atomic E-state index is 0.0103. The Kier molecular flexibility index (Phi) is 7.09. The quantitative estimate of drug-likeness (QED) is 0.189. The van der Waals surface area contributed by atoms with Gasteiger partial charge in [-0.2, -0.15) is 0 Å². The molecule has 0 aromatic heterocycles. The van der Waals surface area contributed by atoms with Crippen molar-refractivity contribution < 1.29 is 19.1 Å². The molecule has 2 bridgehead atoms. The van der Waals surface area contributed by atoms with Crippen molar-refractivity contribution in [2.45, 2.75) is 19.4 Å². The van der Waals surface area contributed by atoms with Gasteiger partial charge in [0, 0.05) is 46.8 Å². The number of amides is 2. The fourth-order valence-electron chi connectivity index (χ4n) is 5.02. The summed E-state index contributed by atoms with van der Waals surface area (Å²) in [6.45, 7) is 2.69. The highest BCUT2D eigenvalue weighted by Crippen LogP contribution is 2.52. The summed E-state index contributed by atoms with van der Waals surface area (Å²) in [4.78, 5) is 31.2. The molecule has 8 heteroatoms. The van der Waals surface area contributed by atoms with Crippen molar-refractivity contribution in [2.24, 2.45) is 28.7 Å². The molecule has 0 spiro atoms. The van der Waals surface area contributed by atoms with Crippen molar-refractivity contribution in [1.82, 2.24) is 15.5 Å². The minimum Gasteiger partial charge on any atom is -0.493 e. The molecule has 2 N–H and O–H groups in total. The van der Waals surface area contributed by atoms with Crippen molar-refractivity contribution in [3.63, 3.8) is 0 Å². The van der Waals surface area contributed by atoms with Gasteiger partial charge in [-0.1, -0.05) is 24.3 Å². The molecule has 1 heterocycles. The number of carbonyl (C=O) groups excluding carboxylic acids is 2. The summed E-state index contributed by atoms with van der Waals surface area (Å²) in [5.74, 6) is 1.63. The molecule has 3 aliphatic rings. The maximum absolute atomic E-state index is 12.8. The number of methoxy groups -OCH3 is 1. The summed E-state index contributed by atoms with van der Waals surface area (Å²) in [5, 5.41) is 6.47. The van der Waals surface area contributed by atoms with E-state index in [2.05, 4.69) is 27.8 Å². The van der Waals surface area contributed by atoms with Crippen LogP contribution < -0.4 is 15.4 Å². The largest absolute Gasteiger partial charge is 0.493 e. The van der Waals surface area contributed by atoms with Crippen LogP contribution in [0.2, 0.25) is 0 Å². The number of rotatable bonds is 10. The normalized spacial score (nSPS) is 26.1.